The molecule has 0 radical (unpaired) electrons. The number of benzene rings is 2. The first-order valence-corrected chi connectivity index (χ1v) is 6.11. The zero-order valence-corrected chi connectivity index (χ0v) is 11.2. The molecular weight excluding hydrogens is 256 g/mol. The molecule has 102 valence electrons. The number of amides is 1. The van der Waals surface area contributed by atoms with E-state index in [0.717, 1.165) is 5.56 Å². The van der Waals surface area contributed by atoms with Crippen molar-refractivity contribution in [2.24, 2.45) is 0 Å². The van der Waals surface area contributed by atoms with E-state index in [1.807, 2.05) is 25.1 Å². The number of aryl methyl sites for hydroxylation is 2. The van der Waals surface area contributed by atoms with Crippen LogP contribution in [0.2, 0.25) is 0 Å². The molecule has 5 heteroatoms. The zero-order valence-electron chi connectivity index (χ0n) is 11.2. The molecule has 0 aliphatic heterocycles. The molecule has 2 aromatic rings. The third-order valence-electron chi connectivity index (χ3n) is 3.06. The summed E-state index contributed by atoms with van der Waals surface area (Å²) in [6.07, 6.45) is 0. The first-order valence-electron chi connectivity index (χ1n) is 6.11. The van der Waals surface area contributed by atoms with Crippen LogP contribution < -0.4 is 5.32 Å². The quantitative estimate of drug-likeness (QED) is 0.685. The highest BCUT2D eigenvalue weighted by atomic mass is 16.6. The molecule has 0 atom stereocenters. The predicted octanol–water partition coefficient (Wildman–Crippen LogP) is 3.46. The fraction of sp³-hybridized carbons (Fsp3) is 0.133. The second-order valence-corrected chi connectivity index (χ2v) is 4.53. The smallest absolute Gasteiger partial charge is 0.273 e. The molecule has 0 aliphatic carbocycles. The van der Waals surface area contributed by atoms with Crippen LogP contribution in [0, 0.1) is 24.0 Å². The van der Waals surface area contributed by atoms with E-state index in [4.69, 9.17) is 0 Å². The van der Waals surface area contributed by atoms with E-state index < -0.39 is 4.92 Å². The maximum Gasteiger partial charge on any atom is 0.273 e. The number of carbonyl (C=O) groups is 1. The summed E-state index contributed by atoms with van der Waals surface area (Å²) >= 11 is 0. The third kappa shape index (κ3) is 2.83. The number of anilines is 1. The van der Waals surface area contributed by atoms with Crippen molar-refractivity contribution in [3.05, 3.63) is 69.3 Å². The van der Waals surface area contributed by atoms with Gasteiger partial charge in [-0.05, 0) is 31.5 Å². The lowest BCUT2D eigenvalue weighted by Gasteiger charge is -2.08. The zero-order chi connectivity index (χ0) is 14.7. The van der Waals surface area contributed by atoms with E-state index in [-0.39, 0.29) is 17.2 Å². The minimum atomic E-state index is -0.486. The molecule has 0 heterocycles. The van der Waals surface area contributed by atoms with E-state index >= 15 is 0 Å². The van der Waals surface area contributed by atoms with E-state index in [0.29, 0.717) is 11.3 Å². The Morgan fingerprint density at radius 3 is 2.45 bits per heavy atom. The second-order valence-electron chi connectivity index (χ2n) is 4.53. The summed E-state index contributed by atoms with van der Waals surface area (Å²) in [5.41, 5.74) is 2.37. The van der Waals surface area contributed by atoms with Gasteiger partial charge >= 0.3 is 0 Å². The van der Waals surface area contributed by atoms with Crippen LogP contribution >= 0.6 is 0 Å². The van der Waals surface area contributed by atoms with Crippen LogP contribution in [-0.2, 0) is 0 Å². The van der Waals surface area contributed by atoms with Crippen molar-refractivity contribution in [3.63, 3.8) is 0 Å². The Kier molecular flexibility index (Phi) is 3.79. The fourth-order valence-electron chi connectivity index (χ4n) is 1.85. The first kappa shape index (κ1) is 13.7. The number of para-hydroxylation sites is 1. The molecule has 0 unspecified atom stereocenters. The highest BCUT2D eigenvalue weighted by molar-refractivity contribution is 6.05. The van der Waals surface area contributed by atoms with Gasteiger partial charge in [-0.25, -0.2) is 0 Å². The monoisotopic (exact) mass is 270 g/mol. The van der Waals surface area contributed by atoms with Gasteiger partial charge in [0.2, 0.25) is 0 Å². The Balaban J connectivity index is 2.28. The van der Waals surface area contributed by atoms with Crippen molar-refractivity contribution in [3.8, 4) is 0 Å². The number of nitrogens with zero attached hydrogens (tertiary/aromatic N) is 1. The summed E-state index contributed by atoms with van der Waals surface area (Å²) in [5.74, 6) is -0.359. The van der Waals surface area contributed by atoms with E-state index in [1.54, 1.807) is 25.1 Å². The maximum atomic E-state index is 12.1. The lowest BCUT2D eigenvalue weighted by molar-refractivity contribution is -0.385. The van der Waals surface area contributed by atoms with Crippen LogP contribution in [0.3, 0.4) is 0 Å². The summed E-state index contributed by atoms with van der Waals surface area (Å²) in [5, 5.41) is 13.6. The van der Waals surface area contributed by atoms with Gasteiger partial charge in [0.1, 0.15) is 0 Å². The highest BCUT2D eigenvalue weighted by Gasteiger charge is 2.15. The molecule has 2 aromatic carbocycles. The van der Waals surface area contributed by atoms with Crippen molar-refractivity contribution in [1.29, 1.82) is 0 Å². The molecule has 1 N–H and O–H groups in total. The third-order valence-corrected chi connectivity index (χ3v) is 3.06. The van der Waals surface area contributed by atoms with Crippen molar-refractivity contribution < 1.29 is 9.72 Å². The van der Waals surface area contributed by atoms with Gasteiger partial charge in [-0.1, -0.05) is 24.3 Å². The molecular formula is C15H14N2O3. The summed E-state index contributed by atoms with van der Waals surface area (Å²) in [6, 6.07) is 11.8. The van der Waals surface area contributed by atoms with Crippen molar-refractivity contribution in [1.82, 2.24) is 0 Å². The van der Waals surface area contributed by atoms with Crippen molar-refractivity contribution in [2.45, 2.75) is 13.8 Å². The fourth-order valence-corrected chi connectivity index (χ4v) is 1.85. The Labute approximate surface area is 116 Å². The maximum absolute atomic E-state index is 12.1. The number of nitro benzene ring substituents is 1. The first-order chi connectivity index (χ1) is 9.49. The topological polar surface area (TPSA) is 72.2 Å². The summed E-state index contributed by atoms with van der Waals surface area (Å²) in [7, 11) is 0. The number of hydrogen-bond acceptors (Lipinski definition) is 3. The largest absolute Gasteiger partial charge is 0.322 e. The number of rotatable bonds is 3. The van der Waals surface area contributed by atoms with Gasteiger partial charge in [0.05, 0.1) is 4.92 Å². The minimum Gasteiger partial charge on any atom is -0.322 e. The number of nitrogens with one attached hydrogen (secondary N) is 1. The van der Waals surface area contributed by atoms with Crippen LogP contribution in [0.1, 0.15) is 21.5 Å². The van der Waals surface area contributed by atoms with E-state index in [9.17, 15) is 14.9 Å². The van der Waals surface area contributed by atoms with Crippen LogP contribution in [0.15, 0.2) is 42.5 Å². The standard InChI is InChI=1S/C15H14N2O3/c1-10-5-3-4-6-13(10)16-15(18)12-8-7-11(2)14(9-12)17(19)20/h3-9H,1-2H3,(H,16,18). The van der Waals surface area contributed by atoms with E-state index in [2.05, 4.69) is 5.32 Å². The molecule has 0 saturated carbocycles. The Bertz CT molecular complexity index is 681. The van der Waals surface area contributed by atoms with Gasteiger partial charge in [-0.2, -0.15) is 0 Å². The van der Waals surface area contributed by atoms with Gasteiger partial charge in [0.25, 0.3) is 11.6 Å². The minimum absolute atomic E-state index is 0.0533. The Hall–Kier alpha value is -2.69. The molecule has 0 fully saturated rings. The van der Waals surface area contributed by atoms with Crippen LogP contribution in [0.25, 0.3) is 0 Å². The molecule has 0 spiro atoms. The highest BCUT2D eigenvalue weighted by Crippen LogP contribution is 2.21. The van der Waals surface area contributed by atoms with Gasteiger partial charge < -0.3 is 5.32 Å². The lowest BCUT2D eigenvalue weighted by Crippen LogP contribution is -2.13. The average Bonchev–Trinajstić information content (AvgIpc) is 2.41. The molecule has 20 heavy (non-hydrogen) atoms. The molecule has 2 rings (SSSR count). The molecule has 5 nitrogen and oxygen atoms in total. The number of hydrogen-bond donors (Lipinski definition) is 1. The normalized spacial score (nSPS) is 10.1. The van der Waals surface area contributed by atoms with Crippen LogP contribution in [0.4, 0.5) is 11.4 Å². The van der Waals surface area contributed by atoms with Crippen LogP contribution in [0.5, 0.6) is 0 Å². The van der Waals surface area contributed by atoms with Crippen LogP contribution in [-0.4, -0.2) is 10.8 Å². The SMILES string of the molecule is Cc1ccccc1NC(=O)c1ccc(C)c([N+](=O)[O-])c1. The van der Waals surface area contributed by atoms with Crippen molar-refractivity contribution in [2.75, 3.05) is 5.32 Å². The second kappa shape index (κ2) is 5.52. The van der Waals surface area contributed by atoms with Gasteiger partial charge in [-0.3, -0.25) is 14.9 Å². The summed E-state index contributed by atoms with van der Waals surface area (Å²) in [4.78, 5) is 22.5. The molecule has 1 amide bonds. The van der Waals surface area contributed by atoms with Crippen molar-refractivity contribution >= 4 is 17.3 Å². The Morgan fingerprint density at radius 2 is 1.80 bits per heavy atom. The predicted molar refractivity (Wildman–Crippen MR) is 77.0 cm³/mol. The van der Waals surface area contributed by atoms with Gasteiger partial charge in [0, 0.05) is 22.9 Å². The van der Waals surface area contributed by atoms with Gasteiger partial charge in [0.15, 0.2) is 0 Å². The van der Waals surface area contributed by atoms with E-state index in [1.165, 1.54) is 6.07 Å². The number of carbonyl (C=O) groups excluding carboxylic acids is 1. The molecule has 0 saturated heterocycles. The molecule has 0 bridgehead atoms. The average molecular weight is 270 g/mol. The molecule has 0 aromatic heterocycles. The Morgan fingerprint density at radius 1 is 1.10 bits per heavy atom. The lowest BCUT2D eigenvalue weighted by atomic mass is 10.1. The summed E-state index contributed by atoms with van der Waals surface area (Å²) in [6.45, 7) is 3.52. The summed E-state index contributed by atoms with van der Waals surface area (Å²) < 4.78 is 0. The molecule has 0 aliphatic rings. The number of nitro groups is 1. The van der Waals surface area contributed by atoms with Gasteiger partial charge in [-0.15, -0.1) is 0 Å².